The first-order chi connectivity index (χ1) is 16.8. The van der Waals surface area contributed by atoms with Gasteiger partial charge in [-0.1, -0.05) is 23.7 Å². The van der Waals surface area contributed by atoms with Crippen LogP contribution in [-0.2, 0) is 9.59 Å². The molecule has 0 aliphatic carbocycles. The third-order valence-electron chi connectivity index (χ3n) is 4.85. The van der Waals surface area contributed by atoms with Crippen LogP contribution < -0.4 is 15.4 Å². The van der Waals surface area contributed by atoms with E-state index in [1.807, 2.05) is 13.0 Å². The second kappa shape index (κ2) is 11.1. The van der Waals surface area contributed by atoms with Gasteiger partial charge in [0.2, 0.25) is 0 Å². The number of benzene rings is 3. The Hall–Kier alpha value is -3.14. The summed E-state index contributed by atoms with van der Waals surface area (Å²) in [6.45, 7) is 1.64. The van der Waals surface area contributed by atoms with E-state index < -0.39 is 0 Å². The summed E-state index contributed by atoms with van der Waals surface area (Å²) < 4.78 is 19.2. The van der Waals surface area contributed by atoms with Crippen LogP contribution in [0.25, 0.3) is 6.08 Å². The Kier molecular flexibility index (Phi) is 7.90. The van der Waals surface area contributed by atoms with E-state index in [1.54, 1.807) is 36.4 Å². The first-order valence-electron chi connectivity index (χ1n) is 10.3. The normalized spacial score (nSPS) is 15.4. The van der Waals surface area contributed by atoms with Gasteiger partial charge in [-0.25, -0.2) is 9.38 Å². The molecule has 0 bridgehead atoms. The van der Waals surface area contributed by atoms with E-state index >= 15 is 0 Å². The molecule has 3 aromatic rings. The molecule has 0 unspecified atom stereocenters. The Morgan fingerprint density at radius 3 is 2.74 bits per heavy atom. The second-order valence-corrected chi connectivity index (χ2v) is 9.69. The van der Waals surface area contributed by atoms with Gasteiger partial charge >= 0.3 is 0 Å². The van der Waals surface area contributed by atoms with Crippen LogP contribution in [0.1, 0.15) is 11.1 Å². The molecule has 2 N–H and O–H groups in total. The van der Waals surface area contributed by atoms with Gasteiger partial charge in [0.05, 0.1) is 15.1 Å². The number of hydrogen-bond acceptors (Lipinski definition) is 5. The molecule has 10 heteroatoms. The highest BCUT2D eigenvalue weighted by Crippen LogP contribution is 2.32. The molecule has 6 nitrogen and oxygen atoms in total. The Labute approximate surface area is 218 Å². The zero-order valence-corrected chi connectivity index (χ0v) is 21.4. The highest BCUT2D eigenvalue weighted by molar-refractivity contribution is 9.10. The average Bonchev–Trinajstić information content (AvgIpc) is 3.16. The number of halogens is 3. The quantitative estimate of drug-likeness (QED) is 0.331. The van der Waals surface area contributed by atoms with Crippen LogP contribution in [-0.4, -0.2) is 23.6 Å². The molecule has 1 aliphatic rings. The van der Waals surface area contributed by atoms with Crippen LogP contribution in [0.3, 0.4) is 0 Å². The van der Waals surface area contributed by atoms with Gasteiger partial charge in [-0.2, -0.15) is 0 Å². The minimum absolute atomic E-state index is 0.225. The number of thioether (sulfide) groups is 1. The largest absolute Gasteiger partial charge is 0.483 e. The lowest BCUT2D eigenvalue weighted by Crippen LogP contribution is -2.20. The smallest absolute Gasteiger partial charge is 0.264 e. The van der Waals surface area contributed by atoms with Gasteiger partial charge < -0.3 is 15.4 Å². The van der Waals surface area contributed by atoms with Crippen LogP contribution in [0.15, 0.2) is 75.0 Å². The number of amides is 2. The predicted octanol–water partition coefficient (Wildman–Crippen LogP) is 6.46. The summed E-state index contributed by atoms with van der Waals surface area (Å²) in [5.74, 6) is -0.548. The molecule has 0 aromatic heterocycles. The number of nitrogens with one attached hydrogen (secondary N) is 2. The third kappa shape index (κ3) is 6.50. The molecular formula is C25H18BrClFN3O3S. The first-order valence-corrected chi connectivity index (χ1v) is 12.3. The van der Waals surface area contributed by atoms with Gasteiger partial charge in [0, 0.05) is 10.7 Å². The van der Waals surface area contributed by atoms with Crippen LogP contribution in [0.2, 0.25) is 5.02 Å². The van der Waals surface area contributed by atoms with Crippen LogP contribution in [0.4, 0.5) is 15.8 Å². The molecule has 0 atom stereocenters. The van der Waals surface area contributed by atoms with E-state index in [4.69, 9.17) is 16.3 Å². The van der Waals surface area contributed by atoms with E-state index in [1.165, 1.54) is 36.0 Å². The zero-order valence-electron chi connectivity index (χ0n) is 18.3. The van der Waals surface area contributed by atoms with Crippen molar-refractivity contribution in [2.75, 3.05) is 11.9 Å². The Balaban J connectivity index is 1.39. The fraction of sp³-hybridized carbons (Fsp3) is 0.0800. The number of hydrogen-bond donors (Lipinski definition) is 2. The predicted molar refractivity (Wildman–Crippen MR) is 142 cm³/mol. The SMILES string of the molecule is Cc1c(Cl)cccc1N=C1NC(=O)/C(=C\c2ccc(OCC(=O)Nc3ccc(F)cc3)c(Br)c2)S1. The summed E-state index contributed by atoms with van der Waals surface area (Å²) in [7, 11) is 0. The van der Waals surface area contributed by atoms with Crippen molar-refractivity contribution in [3.8, 4) is 5.75 Å². The summed E-state index contributed by atoms with van der Waals surface area (Å²) in [6.07, 6.45) is 1.74. The lowest BCUT2D eigenvalue weighted by Gasteiger charge is -2.09. The van der Waals surface area contributed by atoms with Crippen molar-refractivity contribution in [2.45, 2.75) is 6.92 Å². The molecule has 4 rings (SSSR count). The number of aliphatic imine (C=N–C) groups is 1. The minimum Gasteiger partial charge on any atom is -0.483 e. The lowest BCUT2D eigenvalue weighted by molar-refractivity contribution is -0.118. The van der Waals surface area contributed by atoms with Crippen molar-refractivity contribution >= 4 is 73.7 Å². The molecule has 1 fully saturated rings. The molecule has 0 spiro atoms. The molecule has 35 heavy (non-hydrogen) atoms. The summed E-state index contributed by atoms with van der Waals surface area (Å²) in [4.78, 5) is 29.5. The van der Waals surface area contributed by atoms with Gasteiger partial charge in [-0.15, -0.1) is 0 Å². The molecule has 1 saturated heterocycles. The number of anilines is 1. The Bertz CT molecular complexity index is 1360. The van der Waals surface area contributed by atoms with Crippen molar-refractivity contribution in [3.05, 3.63) is 92.0 Å². The van der Waals surface area contributed by atoms with Crippen molar-refractivity contribution in [1.82, 2.24) is 5.32 Å². The molecule has 0 radical (unpaired) electrons. The second-order valence-electron chi connectivity index (χ2n) is 7.40. The van der Waals surface area contributed by atoms with E-state index in [0.29, 0.717) is 36.7 Å². The van der Waals surface area contributed by atoms with Crippen LogP contribution in [0.5, 0.6) is 5.75 Å². The fourth-order valence-electron chi connectivity index (χ4n) is 3.06. The van der Waals surface area contributed by atoms with Crippen LogP contribution in [0, 0.1) is 12.7 Å². The molecule has 178 valence electrons. The monoisotopic (exact) mass is 573 g/mol. The van der Waals surface area contributed by atoms with Crippen molar-refractivity contribution in [3.63, 3.8) is 0 Å². The van der Waals surface area contributed by atoms with Gasteiger partial charge in [0.25, 0.3) is 11.8 Å². The fourth-order valence-corrected chi connectivity index (χ4v) is 4.57. The Morgan fingerprint density at radius 2 is 2.00 bits per heavy atom. The number of carbonyl (C=O) groups excluding carboxylic acids is 2. The average molecular weight is 575 g/mol. The number of carbonyl (C=O) groups is 2. The number of rotatable bonds is 6. The Morgan fingerprint density at radius 1 is 1.23 bits per heavy atom. The van der Waals surface area contributed by atoms with Gasteiger partial charge in [-0.3, -0.25) is 9.59 Å². The maximum atomic E-state index is 13.0. The maximum absolute atomic E-state index is 13.0. The molecular weight excluding hydrogens is 557 g/mol. The van der Waals surface area contributed by atoms with Crippen molar-refractivity contribution in [2.24, 2.45) is 4.99 Å². The van der Waals surface area contributed by atoms with Gasteiger partial charge in [-0.05, 0) is 100 Å². The number of ether oxygens (including phenoxy) is 1. The molecule has 1 heterocycles. The van der Waals surface area contributed by atoms with Crippen molar-refractivity contribution in [1.29, 1.82) is 0 Å². The molecule has 0 saturated carbocycles. The van der Waals surface area contributed by atoms with E-state index in [9.17, 15) is 14.0 Å². The summed E-state index contributed by atoms with van der Waals surface area (Å²) in [6, 6.07) is 16.1. The third-order valence-corrected chi connectivity index (χ3v) is 6.79. The maximum Gasteiger partial charge on any atom is 0.264 e. The van der Waals surface area contributed by atoms with E-state index in [2.05, 4.69) is 31.6 Å². The first kappa shape index (κ1) is 25.0. The number of amidine groups is 1. The molecule has 3 aromatic carbocycles. The van der Waals surface area contributed by atoms with Gasteiger partial charge in [0.1, 0.15) is 11.6 Å². The summed E-state index contributed by atoms with van der Waals surface area (Å²) >= 11 is 10.8. The highest BCUT2D eigenvalue weighted by Gasteiger charge is 2.24. The summed E-state index contributed by atoms with van der Waals surface area (Å²) in [5, 5.41) is 6.47. The minimum atomic E-state index is -0.383. The lowest BCUT2D eigenvalue weighted by atomic mass is 10.2. The van der Waals surface area contributed by atoms with Gasteiger partial charge in [0.15, 0.2) is 11.8 Å². The standard InChI is InChI=1S/C25H18BrClFN3O3S/c1-14-19(27)3-2-4-20(14)30-25-31-24(33)22(35-25)12-15-5-10-21(18(26)11-15)34-13-23(32)29-17-8-6-16(28)7-9-17/h2-12H,13H2,1H3,(H,29,32)(H,30,31,33)/b22-12+. The van der Waals surface area contributed by atoms with E-state index in [0.717, 1.165) is 11.1 Å². The zero-order chi connectivity index (χ0) is 24.9. The topological polar surface area (TPSA) is 79.8 Å². The molecule has 1 aliphatic heterocycles. The van der Waals surface area contributed by atoms with E-state index in [-0.39, 0.29) is 24.2 Å². The molecule has 2 amide bonds. The van der Waals surface area contributed by atoms with Crippen molar-refractivity contribution < 1.29 is 18.7 Å². The number of nitrogens with zero attached hydrogens (tertiary/aromatic N) is 1. The highest BCUT2D eigenvalue weighted by atomic mass is 79.9. The summed E-state index contributed by atoms with van der Waals surface area (Å²) in [5.41, 5.74) is 2.76. The van der Waals surface area contributed by atoms with Crippen LogP contribution >= 0.6 is 39.3 Å².